The van der Waals surface area contributed by atoms with Gasteiger partial charge in [0.1, 0.15) is 28.9 Å². The number of aromatic amines is 1. The Balaban J connectivity index is 0.889. The van der Waals surface area contributed by atoms with E-state index in [1.807, 2.05) is 30.9 Å². The Bertz CT molecular complexity index is 3100. The van der Waals surface area contributed by atoms with Crippen molar-refractivity contribution >= 4 is 55.4 Å². The summed E-state index contributed by atoms with van der Waals surface area (Å²) in [5, 5.41) is 26.2. The first-order valence-corrected chi connectivity index (χ1v) is 28.1. The maximum atomic E-state index is 15.4. The molecule has 11 rings (SSSR count). The summed E-state index contributed by atoms with van der Waals surface area (Å²) in [6.07, 6.45) is 7.99. The highest BCUT2D eigenvalue weighted by atomic mass is 32.2. The molecule has 2 saturated carbocycles. The number of ether oxygens (including phenoxy) is 3. The lowest BCUT2D eigenvalue weighted by Crippen LogP contribution is -2.58. The number of carbonyl (C=O) groups is 1. The highest BCUT2D eigenvalue weighted by Gasteiger charge is 2.51. The van der Waals surface area contributed by atoms with Gasteiger partial charge in [-0.25, -0.2) is 17.5 Å². The summed E-state index contributed by atoms with van der Waals surface area (Å²) in [4.78, 5) is 40.7. The van der Waals surface area contributed by atoms with Gasteiger partial charge in [0.15, 0.2) is 0 Å². The quantitative estimate of drug-likeness (QED) is 0.0679. The molecule has 75 heavy (non-hydrogen) atoms. The molecular weight excluding hydrogens is 980 g/mol. The molecule has 4 N–H and O–H groups in total. The molecule has 0 radical (unpaired) electrons. The summed E-state index contributed by atoms with van der Waals surface area (Å²) in [5.41, 5.74) is 3.17. The van der Waals surface area contributed by atoms with Crippen LogP contribution in [0.2, 0.25) is 0 Å². The molecule has 2 aliphatic carbocycles. The third kappa shape index (κ3) is 10.1. The fourth-order valence-corrected chi connectivity index (χ4v) is 13.9. The second-order valence-corrected chi connectivity index (χ2v) is 25.0. The average molecular weight is 1050 g/mol. The number of morpholine rings is 1. The third-order valence-electron chi connectivity index (χ3n) is 17.3. The minimum absolute atomic E-state index is 0.0153. The van der Waals surface area contributed by atoms with Crippen LogP contribution in [0, 0.1) is 27.3 Å². The number of nitrogens with zero attached hydrogens (tertiary/aromatic N) is 5. The molecule has 19 heteroatoms. The third-order valence-corrected chi connectivity index (χ3v) is 18.6. The number of nitro benzene ring substituents is 1. The number of benzene rings is 3. The summed E-state index contributed by atoms with van der Waals surface area (Å²) in [5.74, 6) is -0.691. The van der Waals surface area contributed by atoms with E-state index < -0.39 is 60.6 Å². The Morgan fingerprint density at radius 3 is 2.48 bits per heavy atom. The number of aromatic nitrogens is 2. The van der Waals surface area contributed by atoms with Gasteiger partial charge < -0.3 is 39.4 Å². The molecule has 0 bridgehead atoms. The van der Waals surface area contributed by atoms with E-state index in [0.29, 0.717) is 55.7 Å². The monoisotopic (exact) mass is 1050 g/mol. The van der Waals surface area contributed by atoms with Crippen molar-refractivity contribution in [1.29, 1.82) is 0 Å². The molecular formula is C56H69FN8O9S. The molecule has 1 spiro atoms. The predicted octanol–water partition coefficient (Wildman–Crippen LogP) is 9.49. The van der Waals surface area contributed by atoms with Crippen molar-refractivity contribution in [1.82, 2.24) is 19.6 Å². The van der Waals surface area contributed by atoms with Gasteiger partial charge in [0.05, 0.1) is 69.6 Å². The zero-order chi connectivity index (χ0) is 52.6. The largest absolute Gasteiger partial charge is 0.468 e. The fraction of sp³-hybridized carbons (Fsp3) is 0.536. The molecule has 6 aliphatic rings. The summed E-state index contributed by atoms with van der Waals surface area (Å²) in [6, 6.07) is 19.6. The van der Waals surface area contributed by atoms with Gasteiger partial charge in [0.25, 0.3) is 21.6 Å². The molecule has 4 aliphatic heterocycles. The number of halogens is 1. The highest BCUT2D eigenvalue weighted by molar-refractivity contribution is 7.90. The number of anilines is 4. The van der Waals surface area contributed by atoms with Crippen LogP contribution in [0.1, 0.15) is 126 Å². The van der Waals surface area contributed by atoms with Gasteiger partial charge in [-0.1, -0.05) is 38.1 Å². The molecule has 3 aromatic carbocycles. The number of pyridine rings is 1. The number of piperidine rings is 1. The van der Waals surface area contributed by atoms with E-state index >= 15 is 4.39 Å². The van der Waals surface area contributed by atoms with Crippen LogP contribution < -0.4 is 24.6 Å². The van der Waals surface area contributed by atoms with Gasteiger partial charge in [0, 0.05) is 56.6 Å². The van der Waals surface area contributed by atoms with Gasteiger partial charge in [-0.3, -0.25) is 19.8 Å². The van der Waals surface area contributed by atoms with Crippen molar-refractivity contribution in [3.63, 3.8) is 0 Å². The number of carbonyl (C=O) groups excluding carboxylic acids is 1. The van der Waals surface area contributed by atoms with Crippen LogP contribution in [0.4, 0.5) is 32.8 Å². The number of amides is 1. The number of hydrogen-bond acceptors (Lipinski definition) is 14. The number of rotatable bonds is 12. The first kappa shape index (κ1) is 51.3. The topological polar surface area (TPSA) is 205 Å². The summed E-state index contributed by atoms with van der Waals surface area (Å²) < 4.78 is 65.1. The minimum atomic E-state index is -4.69. The Kier molecular flexibility index (Phi) is 13.4. The van der Waals surface area contributed by atoms with Crippen molar-refractivity contribution in [2.24, 2.45) is 11.3 Å². The standard InChI is InChI=1S/C56H69FN8O9S/c1-34(2)39-8-6-7-9-40(39)49-32-72-23-22-63(49)37-27-56(28-37)18-20-62(21-19-56)36-10-12-41(45(24-36)64-47-26-42-43(57)31-59-51(42)60-53(47)74-50-33-73-54(3,4)29-48(50)64)52(66)61-75(70,71)38-11-13-44(46(25-38)65(68)69)58-30-35-14-16-55(5,67)17-15-35/h6-13,24-26,31,34-35,37,48-50,58,67H,14-23,27-30,32-33H2,1-5H3,(H,59,60)(H,61,66)/t35-,48-,49-,50-,55-/m0/s1. The zero-order valence-corrected chi connectivity index (χ0v) is 44.3. The van der Waals surface area contributed by atoms with Gasteiger partial charge in [-0.15, -0.1) is 0 Å². The molecule has 3 saturated heterocycles. The summed E-state index contributed by atoms with van der Waals surface area (Å²) in [6.45, 7) is 14.7. The lowest BCUT2D eigenvalue weighted by Gasteiger charge is -2.57. The number of sulfonamides is 1. The van der Waals surface area contributed by atoms with E-state index in [4.69, 9.17) is 19.2 Å². The predicted molar refractivity (Wildman–Crippen MR) is 284 cm³/mol. The zero-order valence-electron chi connectivity index (χ0n) is 43.4. The number of aliphatic hydroxyl groups is 1. The van der Waals surface area contributed by atoms with Gasteiger partial charge in [0.2, 0.25) is 5.88 Å². The van der Waals surface area contributed by atoms with Crippen molar-refractivity contribution in [3.05, 3.63) is 106 Å². The smallest absolute Gasteiger partial charge is 0.293 e. The normalized spacial score (nSPS) is 25.8. The van der Waals surface area contributed by atoms with Crippen molar-refractivity contribution in [3.8, 4) is 5.88 Å². The second-order valence-electron chi connectivity index (χ2n) is 23.3. The van der Waals surface area contributed by atoms with E-state index in [2.05, 4.69) is 62.9 Å². The number of hydrogen-bond donors (Lipinski definition) is 4. The minimum Gasteiger partial charge on any atom is -0.468 e. The first-order chi connectivity index (χ1) is 35.8. The summed E-state index contributed by atoms with van der Waals surface area (Å²) in [7, 11) is -4.69. The molecule has 5 aromatic rings. The van der Waals surface area contributed by atoms with Gasteiger partial charge >= 0.3 is 0 Å². The van der Waals surface area contributed by atoms with Crippen LogP contribution >= 0.6 is 0 Å². The fourth-order valence-electron chi connectivity index (χ4n) is 12.9. The molecule has 1 amide bonds. The average Bonchev–Trinajstić information content (AvgIpc) is 3.77. The van der Waals surface area contributed by atoms with E-state index in [0.717, 1.165) is 76.5 Å². The SMILES string of the molecule is CC(C)c1ccccc1[C@@H]1COCCN1C1CC2(CCN(c3ccc(C(=O)NS(=O)(=O)c4ccc(NC[C@H]5CC[C@](C)(O)CC5)c([N+](=O)[O-])c4)c(N4c5cc6c(F)c[nH]c6nc5O[C@H]5COC(C)(C)C[C@@H]54)c3)CC2)C1. The van der Waals surface area contributed by atoms with E-state index in [-0.39, 0.29) is 52.1 Å². The second kappa shape index (κ2) is 19.6. The van der Waals surface area contributed by atoms with E-state index in [1.165, 1.54) is 29.5 Å². The van der Waals surface area contributed by atoms with Crippen molar-refractivity contribution in [2.75, 3.05) is 61.1 Å². The molecule has 0 unspecified atom stereocenters. The van der Waals surface area contributed by atoms with Crippen LogP contribution in [0.5, 0.6) is 5.88 Å². The van der Waals surface area contributed by atoms with E-state index in [1.54, 1.807) is 19.1 Å². The van der Waals surface area contributed by atoms with Crippen LogP contribution in [-0.2, 0) is 19.5 Å². The number of H-pyrrole nitrogens is 1. The van der Waals surface area contributed by atoms with Crippen molar-refractivity contribution in [2.45, 2.75) is 139 Å². The molecule has 400 valence electrons. The van der Waals surface area contributed by atoms with E-state index in [9.17, 15) is 28.4 Å². The Morgan fingerprint density at radius 2 is 1.73 bits per heavy atom. The molecule has 6 heterocycles. The number of nitro groups is 1. The lowest BCUT2D eigenvalue weighted by molar-refractivity contribution is -0.384. The Morgan fingerprint density at radius 1 is 0.973 bits per heavy atom. The number of fused-ring (bicyclic) bond motifs is 3. The maximum Gasteiger partial charge on any atom is 0.293 e. The van der Waals surface area contributed by atoms with Gasteiger partial charge in [-0.2, -0.15) is 4.98 Å². The van der Waals surface area contributed by atoms with Crippen LogP contribution in [0.3, 0.4) is 0 Å². The van der Waals surface area contributed by atoms with Crippen LogP contribution in [0.25, 0.3) is 11.0 Å². The lowest BCUT2D eigenvalue weighted by atomic mass is 9.59. The molecule has 17 nitrogen and oxygen atoms in total. The number of nitrogens with one attached hydrogen (secondary N) is 3. The van der Waals surface area contributed by atoms with Crippen LogP contribution in [0.15, 0.2) is 77.8 Å². The molecule has 5 fully saturated rings. The first-order valence-electron chi connectivity index (χ1n) is 26.7. The maximum absolute atomic E-state index is 15.4. The van der Waals surface area contributed by atoms with Crippen LogP contribution in [-0.4, -0.2) is 115 Å². The van der Waals surface area contributed by atoms with Crippen molar-refractivity contribution < 1.29 is 41.8 Å². The Labute approximate surface area is 437 Å². The highest BCUT2D eigenvalue weighted by Crippen LogP contribution is 2.54. The Hall–Kier alpha value is -5.86. The summed E-state index contributed by atoms with van der Waals surface area (Å²) >= 11 is 0. The molecule has 3 atom stereocenters. The van der Waals surface area contributed by atoms with Gasteiger partial charge in [-0.05, 0) is 137 Å². The molecule has 2 aromatic heterocycles.